The number of aryl methyl sites for hydroxylation is 2. The summed E-state index contributed by atoms with van der Waals surface area (Å²) in [5, 5.41) is 2.85. The van der Waals surface area contributed by atoms with Crippen molar-refractivity contribution >= 4 is 17.5 Å². The van der Waals surface area contributed by atoms with Crippen LogP contribution in [0, 0.1) is 13.8 Å². The fourth-order valence-electron chi connectivity index (χ4n) is 2.74. The standard InChI is InChI=1S/C19H20N2O2/c1-13-3-7-15(8-4-13)18(22)20-17-11-12-21(19(17)23)16-9-5-14(2)6-10-16/h3-10,17H,11-12H2,1-2H3,(H,20,22)/t17-/m1/s1. The van der Waals surface area contributed by atoms with Crippen molar-refractivity contribution in [3.8, 4) is 0 Å². The van der Waals surface area contributed by atoms with Crippen LogP contribution in [0.2, 0.25) is 0 Å². The summed E-state index contributed by atoms with van der Waals surface area (Å²) in [6, 6.07) is 14.7. The molecule has 0 bridgehead atoms. The van der Waals surface area contributed by atoms with Crippen molar-refractivity contribution in [3.63, 3.8) is 0 Å². The smallest absolute Gasteiger partial charge is 0.251 e. The number of anilines is 1. The Morgan fingerprint density at radius 3 is 2.17 bits per heavy atom. The maximum absolute atomic E-state index is 12.5. The maximum atomic E-state index is 12.5. The van der Waals surface area contributed by atoms with Crippen LogP contribution in [0.3, 0.4) is 0 Å². The molecule has 0 spiro atoms. The Bertz CT molecular complexity index is 720. The van der Waals surface area contributed by atoms with Crippen LogP contribution in [0.25, 0.3) is 0 Å². The molecule has 1 atom stereocenters. The van der Waals surface area contributed by atoms with Crippen molar-refractivity contribution in [1.82, 2.24) is 5.32 Å². The Balaban J connectivity index is 1.68. The Morgan fingerprint density at radius 2 is 1.57 bits per heavy atom. The van der Waals surface area contributed by atoms with Gasteiger partial charge in [0.25, 0.3) is 5.91 Å². The third-order valence-corrected chi connectivity index (χ3v) is 4.17. The molecular formula is C19H20N2O2. The highest BCUT2D eigenvalue weighted by atomic mass is 16.2. The van der Waals surface area contributed by atoms with Gasteiger partial charge in [-0.2, -0.15) is 0 Å². The minimum atomic E-state index is -0.454. The van der Waals surface area contributed by atoms with Gasteiger partial charge in [-0.05, 0) is 44.5 Å². The molecule has 118 valence electrons. The molecule has 4 heteroatoms. The number of nitrogens with zero attached hydrogens (tertiary/aromatic N) is 1. The van der Waals surface area contributed by atoms with Gasteiger partial charge in [0, 0.05) is 17.8 Å². The van der Waals surface area contributed by atoms with Crippen LogP contribution < -0.4 is 10.2 Å². The molecule has 23 heavy (non-hydrogen) atoms. The third kappa shape index (κ3) is 3.26. The van der Waals surface area contributed by atoms with Crippen molar-refractivity contribution in [2.75, 3.05) is 11.4 Å². The number of rotatable bonds is 3. The third-order valence-electron chi connectivity index (χ3n) is 4.17. The molecule has 1 N–H and O–H groups in total. The SMILES string of the molecule is Cc1ccc(C(=O)N[C@@H]2CCN(c3ccc(C)cc3)C2=O)cc1. The average molecular weight is 308 g/mol. The first-order valence-corrected chi connectivity index (χ1v) is 7.80. The van der Waals surface area contributed by atoms with E-state index in [1.54, 1.807) is 17.0 Å². The fourth-order valence-corrected chi connectivity index (χ4v) is 2.74. The zero-order chi connectivity index (χ0) is 16.4. The number of hydrogen-bond donors (Lipinski definition) is 1. The lowest BCUT2D eigenvalue weighted by atomic mass is 10.1. The number of carbonyl (C=O) groups excluding carboxylic acids is 2. The summed E-state index contributed by atoms with van der Waals surface area (Å²) in [6.45, 7) is 4.61. The molecule has 0 aliphatic carbocycles. The predicted molar refractivity (Wildman–Crippen MR) is 90.6 cm³/mol. The second-order valence-electron chi connectivity index (χ2n) is 6.01. The van der Waals surface area contributed by atoms with Crippen LogP contribution in [0.1, 0.15) is 27.9 Å². The zero-order valence-electron chi connectivity index (χ0n) is 13.4. The quantitative estimate of drug-likeness (QED) is 0.948. The van der Waals surface area contributed by atoms with E-state index in [1.165, 1.54) is 0 Å². The fraction of sp³-hybridized carbons (Fsp3) is 0.263. The van der Waals surface area contributed by atoms with Crippen LogP contribution >= 0.6 is 0 Å². The zero-order valence-corrected chi connectivity index (χ0v) is 13.4. The largest absolute Gasteiger partial charge is 0.340 e. The van der Waals surface area contributed by atoms with Gasteiger partial charge in [-0.15, -0.1) is 0 Å². The minimum Gasteiger partial charge on any atom is -0.340 e. The Hall–Kier alpha value is -2.62. The molecule has 3 rings (SSSR count). The molecule has 1 aliphatic rings. The molecule has 4 nitrogen and oxygen atoms in total. The molecule has 2 amide bonds. The monoisotopic (exact) mass is 308 g/mol. The molecule has 1 saturated heterocycles. The van der Waals surface area contributed by atoms with E-state index in [9.17, 15) is 9.59 Å². The van der Waals surface area contributed by atoms with Gasteiger partial charge >= 0.3 is 0 Å². The van der Waals surface area contributed by atoms with E-state index in [1.807, 2.05) is 50.2 Å². The summed E-state index contributed by atoms with van der Waals surface area (Å²) < 4.78 is 0. The Morgan fingerprint density at radius 1 is 1.00 bits per heavy atom. The number of hydrogen-bond acceptors (Lipinski definition) is 2. The minimum absolute atomic E-state index is 0.0469. The van der Waals surface area contributed by atoms with Crippen LogP contribution in [-0.2, 0) is 4.79 Å². The first-order valence-electron chi connectivity index (χ1n) is 7.80. The van der Waals surface area contributed by atoms with Gasteiger partial charge in [0.15, 0.2) is 0 Å². The van der Waals surface area contributed by atoms with E-state index in [0.29, 0.717) is 18.5 Å². The topological polar surface area (TPSA) is 49.4 Å². The molecular weight excluding hydrogens is 288 g/mol. The first-order chi connectivity index (χ1) is 11.0. The van der Waals surface area contributed by atoms with E-state index >= 15 is 0 Å². The van der Waals surface area contributed by atoms with Gasteiger partial charge in [-0.3, -0.25) is 9.59 Å². The summed E-state index contributed by atoms with van der Waals surface area (Å²) in [7, 11) is 0. The molecule has 1 aliphatic heterocycles. The van der Waals surface area contributed by atoms with Gasteiger partial charge in [-0.1, -0.05) is 35.4 Å². The van der Waals surface area contributed by atoms with Crippen molar-refractivity contribution in [2.45, 2.75) is 26.3 Å². The number of carbonyl (C=O) groups is 2. The summed E-state index contributed by atoms with van der Waals surface area (Å²) >= 11 is 0. The van der Waals surface area contributed by atoms with Crippen LogP contribution in [0.5, 0.6) is 0 Å². The highest BCUT2D eigenvalue weighted by Crippen LogP contribution is 2.22. The highest BCUT2D eigenvalue weighted by molar-refractivity contribution is 6.03. The van der Waals surface area contributed by atoms with Gasteiger partial charge in [0.05, 0.1) is 0 Å². The molecule has 0 radical (unpaired) electrons. The maximum Gasteiger partial charge on any atom is 0.251 e. The predicted octanol–water partition coefficient (Wildman–Crippen LogP) is 2.84. The molecule has 0 saturated carbocycles. The van der Waals surface area contributed by atoms with Crippen LogP contribution in [0.15, 0.2) is 48.5 Å². The van der Waals surface area contributed by atoms with E-state index in [-0.39, 0.29) is 11.8 Å². The number of nitrogens with one attached hydrogen (secondary N) is 1. The number of benzene rings is 2. The van der Waals surface area contributed by atoms with E-state index in [4.69, 9.17) is 0 Å². The highest BCUT2D eigenvalue weighted by Gasteiger charge is 2.33. The van der Waals surface area contributed by atoms with Crippen LogP contribution in [-0.4, -0.2) is 24.4 Å². The van der Waals surface area contributed by atoms with Gasteiger partial charge < -0.3 is 10.2 Å². The molecule has 0 aromatic heterocycles. The van der Waals surface area contributed by atoms with E-state index < -0.39 is 6.04 Å². The van der Waals surface area contributed by atoms with Gasteiger partial charge in [-0.25, -0.2) is 0 Å². The van der Waals surface area contributed by atoms with E-state index in [0.717, 1.165) is 16.8 Å². The van der Waals surface area contributed by atoms with Crippen molar-refractivity contribution in [3.05, 3.63) is 65.2 Å². The molecule has 2 aromatic rings. The Labute approximate surface area is 136 Å². The molecule has 1 heterocycles. The normalized spacial score (nSPS) is 17.4. The van der Waals surface area contributed by atoms with Gasteiger partial charge in [0.2, 0.25) is 5.91 Å². The second kappa shape index (κ2) is 6.24. The van der Waals surface area contributed by atoms with Crippen molar-refractivity contribution in [1.29, 1.82) is 0 Å². The summed E-state index contributed by atoms with van der Waals surface area (Å²) in [6.07, 6.45) is 0.629. The van der Waals surface area contributed by atoms with Crippen molar-refractivity contribution in [2.24, 2.45) is 0 Å². The first kappa shape index (κ1) is 15.3. The van der Waals surface area contributed by atoms with E-state index in [2.05, 4.69) is 5.32 Å². The molecule has 1 fully saturated rings. The lowest BCUT2D eigenvalue weighted by Crippen LogP contribution is -2.41. The lowest BCUT2D eigenvalue weighted by molar-refractivity contribution is -0.118. The Kier molecular flexibility index (Phi) is 4.15. The summed E-state index contributed by atoms with van der Waals surface area (Å²) in [5.74, 6) is -0.247. The second-order valence-corrected chi connectivity index (χ2v) is 6.01. The van der Waals surface area contributed by atoms with Gasteiger partial charge in [0.1, 0.15) is 6.04 Å². The van der Waals surface area contributed by atoms with Crippen LogP contribution in [0.4, 0.5) is 5.69 Å². The average Bonchev–Trinajstić information content (AvgIpc) is 2.90. The summed E-state index contributed by atoms with van der Waals surface area (Å²) in [5.41, 5.74) is 3.72. The molecule has 0 unspecified atom stereocenters. The lowest BCUT2D eigenvalue weighted by Gasteiger charge is -2.17. The number of amides is 2. The van der Waals surface area contributed by atoms with Crippen molar-refractivity contribution < 1.29 is 9.59 Å². The molecule has 2 aromatic carbocycles. The summed E-state index contributed by atoms with van der Waals surface area (Å²) in [4.78, 5) is 26.5.